The summed E-state index contributed by atoms with van der Waals surface area (Å²) in [5, 5.41) is 1.04. The third-order valence-corrected chi connectivity index (χ3v) is 4.84. The summed E-state index contributed by atoms with van der Waals surface area (Å²) in [5.74, 6) is 0.128. The van der Waals surface area contributed by atoms with Crippen molar-refractivity contribution in [3.63, 3.8) is 0 Å². The van der Waals surface area contributed by atoms with Crippen LogP contribution in [0.3, 0.4) is 0 Å². The number of hydrogen-bond acceptors (Lipinski definition) is 2. The standard InChI is InChI=1S/C13H3Cl5O2/c14-6-2-1-4-3-5-7(15)9(17)11(19)10(18)13(5)20-12(4)8(6)16/h1-3H. The van der Waals surface area contributed by atoms with Crippen molar-refractivity contribution < 1.29 is 4.42 Å². The third-order valence-electron chi connectivity index (χ3n) is 2.86. The van der Waals surface area contributed by atoms with Crippen LogP contribution in [0.5, 0.6) is 0 Å². The second kappa shape index (κ2) is 4.97. The van der Waals surface area contributed by atoms with Crippen molar-refractivity contribution >= 4 is 69.0 Å². The average molecular weight is 368 g/mol. The summed E-state index contributed by atoms with van der Waals surface area (Å²) < 4.78 is 5.61. The maximum Gasteiger partial charge on any atom is 0.221 e. The molecule has 0 unspecified atom stereocenters. The van der Waals surface area contributed by atoms with Crippen LogP contribution in [0.2, 0.25) is 25.1 Å². The van der Waals surface area contributed by atoms with E-state index in [9.17, 15) is 4.79 Å². The molecule has 1 heterocycles. The van der Waals surface area contributed by atoms with Crippen molar-refractivity contribution in [3.05, 3.63) is 53.5 Å². The van der Waals surface area contributed by atoms with Gasteiger partial charge < -0.3 is 4.42 Å². The summed E-state index contributed by atoms with van der Waals surface area (Å²) in [6.07, 6.45) is 0. The van der Waals surface area contributed by atoms with Gasteiger partial charge in [-0.25, -0.2) is 0 Å². The molecule has 1 aromatic carbocycles. The molecule has 0 radical (unpaired) electrons. The molecule has 0 saturated heterocycles. The van der Waals surface area contributed by atoms with Crippen molar-refractivity contribution in [1.82, 2.24) is 0 Å². The SMILES string of the molecule is O=c1c(Cl)c2oc3c(Cl)c(Cl)ccc3cc-2c(Cl)c1Cl. The first kappa shape index (κ1) is 14.3. The van der Waals surface area contributed by atoms with Gasteiger partial charge in [0.1, 0.15) is 15.1 Å². The summed E-state index contributed by atoms with van der Waals surface area (Å²) in [7, 11) is 0. The molecule has 1 aliphatic carbocycles. The highest BCUT2D eigenvalue weighted by molar-refractivity contribution is 6.46. The van der Waals surface area contributed by atoms with Crippen LogP contribution in [-0.4, -0.2) is 0 Å². The molecule has 102 valence electrons. The average Bonchev–Trinajstić information content (AvgIpc) is 2.45. The Hall–Kier alpha value is -0.640. The quantitative estimate of drug-likeness (QED) is 0.351. The second-order valence-corrected chi connectivity index (χ2v) is 5.96. The maximum atomic E-state index is 11.8. The Morgan fingerprint density at radius 2 is 1.55 bits per heavy atom. The molecule has 2 aliphatic rings. The topological polar surface area (TPSA) is 30.2 Å². The monoisotopic (exact) mass is 366 g/mol. The fourth-order valence-corrected chi connectivity index (χ4v) is 2.95. The van der Waals surface area contributed by atoms with Gasteiger partial charge >= 0.3 is 0 Å². The Balaban J connectivity index is 2.59. The summed E-state index contributed by atoms with van der Waals surface area (Å²) in [5.41, 5.74) is 0.172. The first-order valence-corrected chi connectivity index (χ1v) is 7.19. The second-order valence-electron chi connectivity index (χ2n) is 4.04. The van der Waals surface area contributed by atoms with Gasteiger partial charge in [-0.05, 0) is 18.2 Å². The third kappa shape index (κ3) is 1.99. The zero-order valence-corrected chi connectivity index (χ0v) is 13.2. The molecule has 2 nitrogen and oxygen atoms in total. The Bertz CT molecular complexity index is 884. The fraction of sp³-hybridized carbons (Fsp3) is 0. The number of rotatable bonds is 0. The molecular weight excluding hydrogens is 365 g/mol. The number of fused-ring (bicyclic) bond motifs is 2. The van der Waals surface area contributed by atoms with Gasteiger partial charge in [-0.1, -0.05) is 58.0 Å². The zero-order chi connectivity index (χ0) is 14.6. The number of halogens is 5. The lowest BCUT2D eigenvalue weighted by atomic mass is 10.1. The normalized spacial score (nSPS) is 11.4. The molecule has 1 aliphatic heterocycles. The van der Waals surface area contributed by atoms with Crippen LogP contribution in [0.25, 0.3) is 22.3 Å². The van der Waals surface area contributed by atoms with Crippen LogP contribution in [0.15, 0.2) is 27.4 Å². The van der Waals surface area contributed by atoms with Gasteiger partial charge in [-0.2, -0.15) is 0 Å². The highest BCUT2D eigenvalue weighted by Crippen LogP contribution is 2.42. The van der Waals surface area contributed by atoms with E-state index in [1.165, 1.54) is 0 Å². The minimum atomic E-state index is -0.591. The number of benzene rings is 2. The van der Waals surface area contributed by atoms with Crippen molar-refractivity contribution in [2.75, 3.05) is 0 Å². The van der Waals surface area contributed by atoms with Crippen molar-refractivity contribution in [2.45, 2.75) is 0 Å². The van der Waals surface area contributed by atoms with E-state index in [-0.39, 0.29) is 25.9 Å². The molecule has 3 rings (SSSR count). The highest BCUT2D eigenvalue weighted by Gasteiger charge is 2.23. The van der Waals surface area contributed by atoms with E-state index in [4.69, 9.17) is 62.4 Å². The maximum absolute atomic E-state index is 11.8. The van der Waals surface area contributed by atoms with E-state index in [0.717, 1.165) is 0 Å². The molecule has 0 spiro atoms. The van der Waals surface area contributed by atoms with Gasteiger partial charge in [-0.3, -0.25) is 4.79 Å². The lowest BCUT2D eigenvalue weighted by Gasteiger charge is -2.12. The minimum Gasteiger partial charge on any atom is -0.453 e. The number of hydrogen-bond donors (Lipinski definition) is 0. The largest absolute Gasteiger partial charge is 0.453 e. The predicted octanol–water partition coefficient (Wildman–Crippen LogP) is 6.16. The zero-order valence-electron chi connectivity index (χ0n) is 9.44. The molecule has 0 aromatic heterocycles. The molecule has 20 heavy (non-hydrogen) atoms. The van der Waals surface area contributed by atoms with E-state index < -0.39 is 5.43 Å². The summed E-state index contributed by atoms with van der Waals surface area (Å²) >= 11 is 29.9. The van der Waals surface area contributed by atoms with Crippen LogP contribution >= 0.6 is 58.0 Å². The van der Waals surface area contributed by atoms with Gasteiger partial charge in [0.05, 0.1) is 10.0 Å². The Morgan fingerprint density at radius 1 is 0.850 bits per heavy atom. The first-order valence-electron chi connectivity index (χ1n) is 5.30. The van der Waals surface area contributed by atoms with Crippen molar-refractivity contribution in [2.24, 2.45) is 0 Å². The van der Waals surface area contributed by atoms with Gasteiger partial charge in [0.15, 0.2) is 11.3 Å². The van der Waals surface area contributed by atoms with Crippen molar-refractivity contribution in [1.29, 1.82) is 0 Å². The molecule has 0 amide bonds. The van der Waals surface area contributed by atoms with E-state index in [1.807, 2.05) is 0 Å². The molecule has 0 saturated carbocycles. The van der Waals surface area contributed by atoms with Crippen LogP contribution in [0.1, 0.15) is 0 Å². The fourth-order valence-electron chi connectivity index (χ4n) is 1.89. The summed E-state index contributed by atoms with van der Waals surface area (Å²) in [6, 6.07) is 5.04. The lowest BCUT2D eigenvalue weighted by Crippen LogP contribution is -2.06. The smallest absolute Gasteiger partial charge is 0.221 e. The molecular formula is C13H3Cl5O2. The highest BCUT2D eigenvalue weighted by atomic mass is 35.5. The van der Waals surface area contributed by atoms with Crippen LogP contribution in [0.4, 0.5) is 0 Å². The Labute approximate surface area is 138 Å². The van der Waals surface area contributed by atoms with Gasteiger partial charge in [0.2, 0.25) is 5.43 Å². The lowest BCUT2D eigenvalue weighted by molar-refractivity contribution is 0.619. The molecule has 0 bridgehead atoms. The molecule has 7 heteroatoms. The van der Waals surface area contributed by atoms with E-state index >= 15 is 0 Å². The van der Waals surface area contributed by atoms with Crippen molar-refractivity contribution in [3.8, 4) is 11.3 Å². The van der Waals surface area contributed by atoms with Gasteiger partial charge in [0.25, 0.3) is 0 Å². The van der Waals surface area contributed by atoms with E-state index in [1.54, 1.807) is 18.2 Å². The molecule has 0 fully saturated rings. The van der Waals surface area contributed by atoms with E-state index in [0.29, 0.717) is 21.6 Å². The van der Waals surface area contributed by atoms with E-state index in [2.05, 4.69) is 0 Å². The van der Waals surface area contributed by atoms with Crippen LogP contribution in [0, 0.1) is 0 Å². The predicted molar refractivity (Wildman–Crippen MR) is 84.2 cm³/mol. The van der Waals surface area contributed by atoms with Crippen LogP contribution in [-0.2, 0) is 0 Å². The first-order chi connectivity index (χ1) is 9.41. The summed E-state index contributed by atoms with van der Waals surface area (Å²) in [6.45, 7) is 0. The molecule has 0 atom stereocenters. The summed E-state index contributed by atoms with van der Waals surface area (Å²) in [4.78, 5) is 11.8. The Kier molecular flexibility index (Phi) is 3.56. The minimum absolute atomic E-state index is 0.0905. The molecule has 1 aromatic rings. The Morgan fingerprint density at radius 3 is 2.25 bits per heavy atom. The van der Waals surface area contributed by atoms with Crippen LogP contribution < -0.4 is 5.43 Å². The molecule has 0 N–H and O–H groups in total. The van der Waals surface area contributed by atoms with Gasteiger partial charge in [-0.15, -0.1) is 0 Å². The van der Waals surface area contributed by atoms with Gasteiger partial charge in [0, 0.05) is 10.9 Å².